The number of carbonyl (C=O) groups excluding carboxylic acids is 3. The molecule has 0 unspecified atom stereocenters. The van der Waals surface area contributed by atoms with Gasteiger partial charge in [0.2, 0.25) is 10.5 Å². The average molecular weight is 299 g/mol. The van der Waals surface area contributed by atoms with Gasteiger partial charge in [-0.3, -0.25) is 9.59 Å². The van der Waals surface area contributed by atoms with Gasteiger partial charge >= 0.3 is 6.16 Å². The van der Waals surface area contributed by atoms with E-state index in [2.05, 4.69) is 0 Å². The lowest BCUT2D eigenvalue weighted by Crippen LogP contribution is -2.31. The van der Waals surface area contributed by atoms with Gasteiger partial charge in [-0.25, -0.2) is 4.79 Å². The van der Waals surface area contributed by atoms with E-state index < -0.39 is 27.5 Å². The second-order valence-corrected chi connectivity index (χ2v) is 5.83. The molecule has 0 rings (SSSR count). The molecular weight excluding hydrogens is 283 g/mol. The van der Waals surface area contributed by atoms with Gasteiger partial charge in [0.15, 0.2) is 0 Å². The van der Waals surface area contributed by atoms with Crippen LogP contribution in [-0.4, -0.2) is 29.9 Å². The quantitative estimate of drug-likeness (QED) is 0.557. The number of halogens is 2. The Labute approximate surface area is 116 Å². The molecule has 0 saturated heterocycles. The third-order valence-electron chi connectivity index (χ3n) is 2.17. The summed E-state index contributed by atoms with van der Waals surface area (Å²) in [6, 6.07) is 0. The molecule has 0 aliphatic heterocycles. The summed E-state index contributed by atoms with van der Waals surface area (Å²) < 4.78 is 9.44. The minimum Gasteiger partial charge on any atom is -0.433 e. The van der Waals surface area contributed by atoms with Gasteiger partial charge < -0.3 is 9.47 Å². The van der Waals surface area contributed by atoms with Gasteiger partial charge in [0, 0.05) is 0 Å². The van der Waals surface area contributed by atoms with Crippen LogP contribution in [0, 0.1) is 10.8 Å². The zero-order chi connectivity index (χ0) is 14.6. The molecule has 0 radical (unpaired) electrons. The van der Waals surface area contributed by atoms with Gasteiger partial charge in [-0.15, -0.1) is 0 Å². The van der Waals surface area contributed by atoms with Crippen molar-refractivity contribution in [2.45, 2.75) is 27.7 Å². The summed E-state index contributed by atoms with van der Waals surface area (Å²) in [5.74, 6) is 0. The molecule has 0 spiro atoms. The molecule has 0 saturated carbocycles. The van der Waals surface area contributed by atoms with Crippen molar-refractivity contribution in [1.29, 1.82) is 0 Å². The Balaban J connectivity index is 4.16. The Morgan fingerprint density at radius 2 is 1.11 bits per heavy atom. The van der Waals surface area contributed by atoms with Crippen molar-refractivity contribution < 1.29 is 23.9 Å². The Morgan fingerprint density at radius 1 is 0.833 bits per heavy atom. The highest BCUT2D eigenvalue weighted by molar-refractivity contribution is 6.65. The van der Waals surface area contributed by atoms with Crippen LogP contribution in [0.4, 0.5) is 4.79 Å². The summed E-state index contributed by atoms with van der Waals surface area (Å²) in [6.07, 6.45) is -0.980. The smallest absolute Gasteiger partial charge is 0.433 e. The van der Waals surface area contributed by atoms with E-state index in [0.717, 1.165) is 0 Å². The minimum atomic E-state index is -0.988. The number of hydrogen-bond acceptors (Lipinski definition) is 5. The predicted octanol–water partition coefficient (Wildman–Crippen LogP) is 2.72. The summed E-state index contributed by atoms with van der Waals surface area (Å²) in [5, 5.41) is -1.24. The van der Waals surface area contributed by atoms with Gasteiger partial charge in [0.1, 0.15) is 13.2 Å². The molecule has 0 bridgehead atoms. The third kappa shape index (κ3) is 5.69. The molecule has 0 fully saturated rings. The first-order chi connectivity index (χ1) is 7.99. The molecule has 0 N–H and O–H groups in total. The fourth-order valence-electron chi connectivity index (χ4n) is 0.634. The first-order valence-corrected chi connectivity index (χ1v) is 5.94. The van der Waals surface area contributed by atoms with E-state index in [0.29, 0.717) is 0 Å². The molecule has 0 atom stereocenters. The van der Waals surface area contributed by atoms with E-state index in [1.807, 2.05) is 0 Å². The summed E-state index contributed by atoms with van der Waals surface area (Å²) in [7, 11) is 0. The standard InChI is InChI=1S/C11H16Cl2O5/c1-10(2,7(12)14)5-17-9(16)18-6-11(3,4)8(13)15/h5-6H2,1-4H3. The normalized spacial score (nSPS) is 11.9. The van der Waals surface area contributed by atoms with Crippen molar-refractivity contribution in [3.05, 3.63) is 0 Å². The monoisotopic (exact) mass is 298 g/mol. The summed E-state index contributed by atoms with van der Waals surface area (Å²) in [6.45, 7) is 5.71. The van der Waals surface area contributed by atoms with Crippen LogP contribution < -0.4 is 0 Å². The molecule has 7 heteroatoms. The van der Waals surface area contributed by atoms with Gasteiger partial charge in [0.25, 0.3) is 0 Å². The molecule has 0 aromatic heterocycles. The molecule has 0 aromatic rings. The van der Waals surface area contributed by atoms with Gasteiger partial charge in [-0.2, -0.15) is 0 Å². The summed E-state index contributed by atoms with van der Waals surface area (Å²) in [5.41, 5.74) is -1.98. The van der Waals surface area contributed by atoms with E-state index in [4.69, 9.17) is 32.7 Å². The predicted molar refractivity (Wildman–Crippen MR) is 66.6 cm³/mol. The van der Waals surface area contributed by atoms with Crippen molar-refractivity contribution in [3.8, 4) is 0 Å². The molecule has 0 aliphatic rings. The topological polar surface area (TPSA) is 69.7 Å². The molecular formula is C11H16Cl2O5. The zero-order valence-electron chi connectivity index (χ0n) is 10.7. The van der Waals surface area contributed by atoms with Crippen molar-refractivity contribution in [1.82, 2.24) is 0 Å². The molecule has 0 amide bonds. The van der Waals surface area contributed by atoms with E-state index in [1.54, 1.807) is 0 Å². The minimum absolute atomic E-state index is 0.205. The molecule has 0 aromatic carbocycles. The molecule has 5 nitrogen and oxygen atoms in total. The van der Waals surface area contributed by atoms with Gasteiger partial charge in [-0.1, -0.05) is 0 Å². The highest BCUT2D eigenvalue weighted by Gasteiger charge is 2.30. The number of carbonyl (C=O) groups is 3. The zero-order valence-corrected chi connectivity index (χ0v) is 12.2. The lowest BCUT2D eigenvalue weighted by Gasteiger charge is -2.21. The fraction of sp³-hybridized carbons (Fsp3) is 0.727. The molecule has 18 heavy (non-hydrogen) atoms. The first kappa shape index (κ1) is 17.2. The SMILES string of the molecule is CC(C)(COC(=O)OCC(C)(C)C(=O)Cl)C(=O)Cl. The lowest BCUT2D eigenvalue weighted by molar-refractivity contribution is -0.122. The van der Waals surface area contributed by atoms with Gasteiger partial charge in [0.05, 0.1) is 10.8 Å². The Hall–Kier alpha value is -0.810. The maximum absolute atomic E-state index is 11.2. The van der Waals surface area contributed by atoms with Crippen molar-refractivity contribution in [2.75, 3.05) is 13.2 Å². The summed E-state index contributed by atoms with van der Waals surface area (Å²) >= 11 is 10.6. The van der Waals surface area contributed by atoms with Crippen LogP contribution in [0.2, 0.25) is 0 Å². The van der Waals surface area contributed by atoms with Crippen molar-refractivity contribution in [2.24, 2.45) is 10.8 Å². The average Bonchev–Trinajstić information content (AvgIpc) is 2.23. The molecule has 0 heterocycles. The molecule has 0 aliphatic carbocycles. The van der Waals surface area contributed by atoms with Crippen LogP contribution in [-0.2, 0) is 19.1 Å². The first-order valence-electron chi connectivity index (χ1n) is 5.18. The van der Waals surface area contributed by atoms with Gasteiger partial charge in [-0.05, 0) is 50.9 Å². The van der Waals surface area contributed by atoms with Crippen LogP contribution in [0.3, 0.4) is 0 Å². The Kier molecular flexibility index (Phi) is 6.10. The second-order valence-electron chi connectivity index (χ2n) is 5.14. The third-order valence-corrected chi connectivity index (χ3v) is 3.19. The maximum atomic E-state index is 11.2. The summed E-state index contributed by atoms with van der Waals surface area (Å²) in [4.78, 5) is 33.1. The van der Waals surface area contributed by atoms with Crippen LogP contribution >= 0.6 is 23.2 Å². The van der Waals surface area contributed by atoms with E-state index in [-0.39, 0.29) is 13.2 Å². The van der Waals surface area contributed by atoms with E-state index >= 15 is 0 Å². The highest BCUT2D eigenvalue weighted by atomic mass is 35.5. The van der Waals surface area contributed by atoms with Crippen molar-refractivity contribution >= 4 is 39.8 Å². The number of hydrogen-bond donors (Lipinski definition) is 0. The highest BCUT2D eigenvalue weighted by Crippen LogP contribution is 2.21. The van der Waals surface area contributed by atoms with E-state index in [1.165, 1.54) is 27.7 Å². The number of rotatable bonds is 6. The van der Waals surface area contributed by atoms with Crippen LogP contribution in [0.1, 0.15) is 27.7 Å². The van der Waals surface area contributed by atoms with Crippen LogP contribution in [0.25, 0.3) is 0 Å². The van der Waals surface area contributed by atoms with E-state index in [9.17, 15) is 14.4 Å². The lowest BCUT2D eigenvalue weighted by atomic mass is 9.97. The Morgan fingerprint density at radius 3 is 1.33 bits per heavy atom. The second kappa shape index (κ2) is 6.38. The largest absolute Gasteiger partial charge is 0.508 e. The molecule has 104 valence electrons. The van der Waals surface area contributed by atoms with Crippen LogP contribution in [0.15, 0.2) is 0 Å². The van der Waals surface area contributed by atoms with Crippen LogP contribution in [0.5, 0.6) is 0 Å². The Bertz CT molecular complexity index is 317. The van der Waals surface area contributed by atoms with Crippen molar-refractivity contribution in [3.63, 3.8) is 0 Å². The maximum Gasteiger partial charge on any atom is 0.508 e. The number of ether oxygens (including phenoxy) is 2. The fourth-order valence-corrected chi connectivity index (χ4v) is 0.743.